The van der Waals surface area contributed by atoms with E-state index in [-0.39, 0.29) is 58.4 Å². The fourth-order valence-corrected chi connectivity index (χ4v) is 10.7. The summed E-state index contributed by atoms with van der Waals surface area (Å²) in [4.78, 5) is 7.88. The molecule has 2 aliphatic rings. The lowest BCUT2D eigenvalue weighted by Crippen LogP contribution is -2.41. The number of aliphatic hydroxyl groups excluding tert-OH is 4. The van der Waals surface area contributed by atoms with Crippen molar-refractivity contribution in [2.24, 2.45) is 0 Å². The lowest BCUT2D eigenvalue weighted by molar-refractivity contribution is -0.0803. The smallest absolute Gasteiger partial charge is 0.387 e. The molecule has 6 heterocycles. The lowest BCUT2D eigenvalue weighted by Gasteiger charge is -2.26. The van der Waals surface area contributed by atoms with Gasteiger partial charge in [-0.3, -0.25) is 13.6 Å². The molecular weight excluding hydrogens is 1030 g/mol. The number of rotatable bonds is 32. The van der Waals surface area contributed by atoms with Gasteiger partial charge < -0.3 is 50.8 Å². The normalized spacial score (nSPS) is 23.8. The third-order valence-electron chi connectivity index (χ3n) is 13.9. The van der Waals surface area contributed by atoms with E-state index in [2.05, 4.69) is 39.2 Å². The summed E-state index contributed by atoms with van der Waals surface area (Å²) in [7, 11) is -5.02. The minimum atomic E-state index is -5.02. The van der Waals surface area contributed by atoms with E-state index in [1.807, 2.05) is 18.2 Å². The maximum Gasteiger partial charge on any atom is 0.475 e. The van der Waals surface area contributed by atoms with Gasteiger partial charge in [-0.15, -0.1) is 0 Å². The number of nitrogens with two attached hydrogens (primary N) is 2. The summed E-state index contributed by atoms with van der Waals surface area (Å²) in [6.07, 6.45) is 10.9. The molecule has 1 aromatic carbocycles. The van der Waals surface area contributed by atoms with Crippen LogP contribution in [0.3, 0.4) is 0 Å². The van der Waals surface area contributed by atoms with Gasteiger partial charge in [-0.2, -0.15) is 26.0 Å². The summed E-state index contributed by atoms with van der Waals surface area (Å²) >= 11 is 0. The number of anilines is 2. The van der Waals surface area contributed by atoms with E-state index in [0.29, 0.717) is 6.61 Å². The second-order valence-electron chi connectivity index (χ2n) is 19.4. The molecular formula is C53H69FN11O12P. The minimum absolute atomic E-state index is 0.0217. The number of fused-ring (bicyclic) bond motifs is 2. The topological polar surface area (TPSA) is 346 Å². The Morgan fingerprint density at radius 1 is 0.731 bits per heavy atom. The van der Waals surface area contributed by atoms with Gasteiger partial charge in [0, 0.05) is 12.2 Å². The van der Waals surface area contributed by atoms with Crippen LogP contribution in [0.5, 0.6) is 0 Å². The molecule has 0 saturated carbocycles. The van der Waals surface area contributed by atoms with Crippen molar-refractivity contribution in [1.29, 1.82) is 15.8 Å². The predicted octanol–water partition coefficient (Wildman–Crippen LogP) is 6.12. The molecule has 9 atom stereocenters. The molecule has 0 spiro atoms. The number of aromatic nitrogens is 6. The lowest BCUT2D eigenvalue weighted by atomic mass is 9.92. The Labute approximate surface area is 451 Å². The van der Waals surface area contributed by atoms with Crippen molar-refractivity contribution in [3.05, 3.63) is 95.6 Å². The number of nitrogen functional groups attached to an aromatic ring is 2. The number of nitriles is 3. The molecule has 23 nitrogen and oxygen atoms in total. The van der Waals surface area contributed by atoms with Crippen molar-refractivity contribution in [2.45, 2.75) is 157 Å². The predicted molar refractivity (Wildman–Crippen MR) is 279 cm³/mol. The van der Waals surface area contributed by atoms with Crippen LogP contribution < -0.4 is 11.5 Å². The van der Waals surface area contributed by atoms with E-state index in [9.17, 15) is 40.8 Å². The SMILES string of the molecule is CCCCCCCC/C=C\CCCCCCCCOC[C@H](COP(=O)(OC[C@H]1O[C@@](C#N)(c2ccc3c(N)ncnn23)[C@H](O)[C@@H]1O)OC[C@H]1O[C@@](C#N)(c2ccc3c(N)ncnn23)[C@H](O)[C@@H]1O)OCc1ccc(C#N)cc1F. The number of hydrogen-bond acceptors (Lipinski definition) is 21. The Morgan fingerprint density at radius 2 is 1.24 bits per heavy atom. The van der Waals surface area contributed by atoms with E-state index >= 15 is 4.39 Å². The first-order valence-electron chi connectivity index (χ1n) is 26.4. The molecule has 5 aromatic rings. The molecule has 8 N–H and O–H groups in total. The highest BCUT2D eigenvalue weighted by molar-refractivity contribution is 7.48. The highest BCUT2D eigenvalue weighted by Gasteiger charge is 2.59. The molecule has 2 saturated heterocycles. The maximum atomic E-state index is 15.1. The molecule has 0 radical (unpaired) electrons. The number of phosphoric acid groups is 1. The molecule has 0 bridgehead atoms. The van der Waals surface area contributed by atoms with Crippen LogP contribution in [0, 0.1) is 39.8 Å². The Morgan fingerprint density at radius 3 is 1.74 bits per heavy atom. The zero-order valence-electron chi connectivity index (χ0n) is 43.6. The number of unbranched alkanes of at least 4 members (excludes halogenated alkanes) is 12. The fourth-order valence-electron chi connectivity index (χ4n) is 9.47. The first kappa shape index (κ1) is 59.6. The summed E-state index contributed by atoms with van der Waals surface area (Å²) in [6, 6.07) is 15.4. The summed E-state index contributed by atoms with van der Waals surface area (Å²) in [5, 5.41) is 84.1. The van der Waals surface area contributed by atoms with Gasteiger partial charge in [0.15, 0.2) is 11.6 Å². The molecule has 0 amide bonds. The molecule has 4 aromatic heterocycles. The number of allylic oxidation sites excluding steroid dienone is 2. The highest BCUT2D eigenvalue weighted by atomic mass is 31.2. The Balaban J connectivity index is 1.02. The number of halogens is 1. The number of ether oxygens (including phenoxy) is 4. The van der Waals surface area contributed by atoms with Gasteiger partial charge in [-0.25, -0.2) is 28.0 Å². The summed E-state index contributed by atoms with van der Waals surface area (Å²) in [5.41, 5.74) is 8.17. The van der Waals surface area contributed by atoms with Crippen LogP contribution in [0.25, 0.3) is 11.0 Å². The van der Waals surface area contributed by atoms with Crippen LogP contribution >= 0.6 is 7.82 Å². The molecule has 0 unspecified atom stereocenters. The van der Waals surface area contributed by atoms with E-state index in [1.54, 1.807) is 0 Å². The minimum Gasteiger partial charge on any atom is -0.387 e. The quantitative estimate of drug-likeness (QED) is 0.0160. The van der Waals surface area contributed by atoms with Gasteiger partial charge in [0.05, 0.1) is 56.1 Å². The van der Waals surface area contributed by atoms with Crippen molar-refractivity contribution in [3.8, 4) is 18.2 Å². The first-order chi connectivity index (χ1) is 37.7. The maximum absolute atomic E-state index is 15.1. The summed E-state index contributed by atoms with van der Waals surface area (Å²) < 4.78 is 74.1. The number of hydrogen-bond donors (Lipinski definition) is 6. The number of aliphatic hydroxyl groups is 4. The van der Waals surface area contributed by atoms with Crippen LogP contribution in [0.4, 0.5) is 16.0 Å². The van der Waals surface area contributed by atoms with Gasteiger partial charge in [0.1, 0.15) is 84.4 Å². The average Bonchev–Trinajstić information content (AvgIpc) is 4.32. The van der Waals surface area contributed by atoms with Gasteiger partial charge in [0.2, 0.25) is 11.2 Å². The van der Waals surface area contributed by atoms with Crippen LogP contribution in [0.2, 0.25) is 0 Å². The number of benzene rings is 1. The van der Waals surface area contributed by atoms with Gasteiger partial charge >= 0.3 is 7.82 Å². The Hall–Kier alpha value is -6.01. The van der Waals surface area contributed by atoms with Gasteiger partial charge in [-0.05, 0) is 68.5 Å². The summed E-state index contributed by atoms with van der Waals surface area (Å²) in [5.74, 6) is -0.602. The standard InChI is InChI=1S/C53H69FN11O12P/c1-2-3-4-5-6-7-8-9-10-11-12-13-14-15-16-17-24-71-28-38(72-27-37-19-18-36(26-55)25-39(37)54)29-73-78(70,74-30-42-46(66)48(68)52(32-56,76-42)44-22-20-40-50(58)60-34-62-64(40)44)75-31-43-47(67)49(69)53(33-57,77-43)45-23-21-41-51(59)61-35-63-65(41)45/h9-10,18-23,25,34-35,38,42-43,46-49,66-69H,2-8,11-17,24,27-31H2,1H3,(H2,58,60,62)(H2,59,61,63)/b10-9-/t38-,42-,43-,46-,47-,48-,49-,52+,53+/m1/s1. The molecule has 2 aliphatic heterocycles. The molecule has 25 heteroatoms. The number of phosphoric ester groups is 1. The third-order valence-corrected chi connectivity index (χ3v) is 15.3. The molecule has 0 aliphatic carbocycles. The Kier molecular flexibility index (Phi) is 21.6. The van der Waals surface area contributed by atoms with Crippen LogP contribution in [-0.4, -0.2) is 125 Å². The van der Waals surface area contributed by atoms with Crippen LogP contribution in [0.15, 0.2) is 67.3 Å². The largest absolute Gasteiger partial charge is 0.475 e. The van der Waals surface area contributed by atoms with E-state index in [0.717, 1.165) is 70.1 Å². The zero-order valence-corrected chi connectivity index (χ0v) is 44.5. The van der Waals surface area contributed by atoms with Crippen molar-refractivity contribution in [2.75, 3.05) is 44.5 Å². The molecule has 420 valence electrons. The van der Waals surface area contributed by atoms with Crippen molar-refractivity contribution in [1.82, 2.24) is 29.2 Å². The molecule has 2 fully saturated rings. The van der Waals surface area contributed by atoms with Crippen molar-refractivity contribution in [3.63, 3.8) is 0 Å². The molecule has 78 heavy (non-hydrogen) atoms. The van der Waals surface area contributed by atoms with E-state index < -0.39 is 87.4 Å². The second-order valence-corrected chi connectivity index (χ2v) is 21.1. The first-order valence-corrected chi connectivity index (χ1v) is 27.8. The van der Waals surface area contributed by atoms with Crippen molar-refractivity contribution >= 4 is 30.5 Å². The van der Waals surface area contributed by atoms with E-state index in [4.69, 9.17) is 44.0 Å². The second kappa shape index (κ2) is 28.2. The third kappa shape index (κ3) is 14.0. The van der Waals surface area contributed by atoms with Crippen LogP contribution in [-0.2, 0) is 54.9 Å². The van der Waals surface area contributed by atoms with Gasteiger partial charge in [0.25, 0.3) is 0 Å². The zero-order chi connectivity index (χ0) is 55.7. The van der Waals surface area contributed by atoms with Gasteiger partial charge in [-0.1, -0.05) is 82.9 Å². The molecule has 7 rings (SSSR count). The van der Waals surface area contributed by atoms with E-state index in [1.165, 1.54) is 84.0 Å². The summed E-state index contributed by atoms with van der Waals surface area (Å²) in [6.45, 7) is -0.253. The number of nitrogens with zero attached hydrogens (tertiary/aromatic N) is 9. The van der Waals surface area contributed by atoms with Crippen molar-refractivity contribution < 1.29 is 61.9 Å². The average molecular weight is 1100 g/mol. The Bertz CT molecular complexity index is 2830. The monoisotopic (exact) mass is 1100 g/mol. The highest BCUT2D eigenvalue weighted by Crippen LogP contribution is 2.52. The fraction of sp³-hybridized carbons (Fsp3) is 0.566. The van der Waals surface area contributed by atoms with Crippen LogP contribution in [0.1, 0.15) is 119 Å².